The van der Waals surface area contributed by atoms with E-state index in [1.54, 1.807) is 12.1 Å². The fraction of sp³-hybridized carbons (Fsp3) is 0.429. The fourth-order valence-electron chi connectivity index (χ4n) is 1.71. The van der Waals surface area contributed by atoms with Gasteiger partial charge in [0.2, 0.25) is 5.91 Å². The van der Waals surface area contributed by atoms with E-state index in [-0.39, 0.29) is 24.5 Å². The van der Waals surface area contributed by atoms with Crippen LogP contribution in [0.5, 0.6) is 5.75 Å². The van der Waals surface area contributed by atoms with Gasteiger partial charge in [0.15, 0.2) is 0 Å². The van der Waals surface area contributed by atoms with Crippen LogP contribution >= 0.6 is 0 Å². The summed E-state index contributed by atoms with van der Waals surface area (Å²) in [4.78, 5) is 22.8. The number of carbonyl (C=O) groups excluding carboxylic acids is 1. The third kappa shape index (κ3) is 5.71. The Bertz CT molecular complexity index is 445. The second-order valence-corrected chi connectivity index (χ2v) is 4.43. The van der Waals surface area contributed by atoms with Crippen LogP contribution in [0.4, 0.5) is 0 Å². The summed E-state index contributed by atoms with van der Waals surface area (Å²) >= 11 is 0. The summed E-state index contributed by atoms with van der Waals surface area (Å²) in [7, 11) is 0. The lowest BCUT2D eigenvalue weighted by molar-refractivity contribution is -0.141. The number of hydrogen-bond donors (Lipinski definition) is 4. The zero-order chi connectivity index (χ0) is 15.0. The first-order chi connectivity index (χ1) is 9.52. The number of carboxylic acids is 1. The van der Waals surface area contributed by atoms with Gasteiger partial charge in [-0.3, -0.25) is 4.79 Å². The van der Waals surface area contributed by atoms with Crippen molar-refractivity contribution >= 4 is 11.9 Å². The molecule has 4 N–H and O–H groups in total. The normalized spacial score (nSPS) is 11.8. The number of benzene rings is 1. The molecule has 1 rings (SSSR count). The van der Waals surface area contributed by atoms with Gasteiger partial charge in [-0.15, -0.1) is 0 Å². The molecule has 6 nitrogen and oxygen atoms in total. The predicted octanol–water partition coefficient (Wildman–Crippen LogP) is 0.504. The quantitative estimate of drug-likeness (QED) is 0.520. The zero-order valence-electron chi connectivity index (χ0n) is 11.4. The van der Waals surface area contributed by atoms with E-state index in [1.165, 1.54) is 12.1 Å². The molecular weight excluding hydrogens is 260 g/mol. The van der Waals surface area contributed by atoms with Gasteiger partial charge in [0.25, 0.3) is 0 Å². The molecule has 0 unspecified atom stereocenters. The van der Waals surface area contributed by atoms with Crippen molar-refractivity contribution in [2.45, 2.75) is 25.8 Å². The second kappa shape index (κ2) is 8.16. The molecular formula is C14H20N2O4. The molecule has 0 aliphatic rings. The van der Waals surface area contributed by atoms with Crippen molar-refractivity contribution in [2.75, 3.05) is 13.1 Å². The van der Waals surface area contributed by atoms with Crippen molar-refractivity contribution in [3.8, 4) is 5.75 Å². The Hall–Kier alpha value is -2.08. The minimum atomic E-state index is -1.07. The first-order valence-electron chi connectivity index (χ1n) is 6.53. The predicted molar refractivity (Wildman–Crippen MR) is 74.5 cm³/mol. The summed E-state index contributed by atoms with van der Waals surface area (Å²) < 4.78 is 0. The van der Waals surface area contributed by atoms with Crippen LogP contribution in [-0.4, -0.2) is 41.2 Å². The van der Waals surface area contributed by atoms with Gasteiger partial charge in [-0.05, 0) is 24.2 Å². The molecule has 6 heteroatoms. The van der Waals surface area contributed by atoms with Gasteiger partial charge in [0, 0.05) is 19.4 Å². The van der Waals surface area contributed by atoms with E-state index in [1.807, 2.05) is 6.92 Å². The van der Waals surface area contributed by atoms with Crippen molar-refractivity contribution < 1.29 is 19.8 Å². The van der Waals surface area contributed by atoms with Crippen LogP contribution in [0, 0.1) is 0 Å². The minimum absolute atomic E-state index is 0.121. The molecule has 0 aliphatic carbocycles. The van der Waals surface area contributed by atoms with E-state index in [2.05, 4.69) is 10.6 Å². The average molecular weight is 280 g/mol. The lowest BCUT2D eigenvalue weighted by atomic mass is 10.1. The van der Waals surface area contributed by atoms with E-state index in [0.717, 1.165) is 12.1 Å². The van der Waals surface area contributed by atoms with Crippen molar-refractivity contribution in [1.29, 1.82) is 0 Å². The number of aromatic hydroxyl groups is 1. The summed E-state index contributed by atoms with van der Waals surface area (Å²) in [5.41, 5.74) is 0.738. The van der Waals surface area contributed by atoms with Crippen LogP contribution in [0.2, 0.25) is 0 Å². The lowest BCUT2D eigenvalue weighted by Gasteiger charge is -2.14. The number of aliphatic carboxylic acids is 1. The van der Waals surface area contributed by atoms with Crippen molar-refractivity contribution in [2.24, 2.45) is 0 Å². The zero-order valence-corrected chi connectivity index (χ0v) is 11.4. The Morgan fingerprint density at radius 3 is 2.45 bits per heavy atom. The van der Waals surface area contributed by atoms with Crippen molar-refractivity contribution in [1.82, 2.24) is 10.6 Å². The molecule has 0 aliphatic heterocycles. The summed E-state index contributed by atoms with van der Waals surface area (Å²) in [6.07, 6.45) is 0.426. The van der Waals surface area contributed by atoms with Crippen LogP contribution in [0.15, 0.2) is 24.3 Å². The first-order valence-corrected chi connectivity index (χ1v) is 6.53. The van der Waals surface area contributed by atoms with E-state index in [4.69, 9.17) is 5.11 Å². The molecule has 0 heterocycles. The molecule has 0 aromatic heterocycles. The number of amides is 1. The summed E-state index contributed by atoms with van der Waals surface area (Å²) in [5, 5.41) is 23.8. The van der Waals surface area contributed by atoms with E-state index >= 15 is 0 Å². The highest BCUT2D eigenvalue weighted by molar-refractivity contribution is 5.83. The minimum Gasteiger partial charge on any atom is -0.508 e. The number of rotatable bonds is 8. The Kier molecular flexibility index (Phi) is 6.52. The van der Waals surface area contributed by atoms with E-state index < -0.39 is 12.0 Å². The topological polar surface area (TPSA) is 98.7 Å². The maximum absolute atomic E-state index is 11.6. The number of phenolic OH excluding ortho intramolecular Hbond substituents is 1. The highest BCUT2D eigenvalue weighted by Crippen LogP contribution is 2.11. The van der Waals surface area contributed by atoms with Crippen LogP contribution < -0.4 is 10.6 Å². The third-order valence-corrected chi connectivity index (χ3v) is 2.79. The number of phenols is 1. The highest BCUT2D eigenvalue weighted by atomic mass is 16.4. The molecule has 1 atom stereocenters. The molecule has 110 valence electrons. The van der Waals surface area contributed by atoms with Crippen LogP contribution in [-0.2, 0) is 16.0 Å². The lowest BCUT2D eigenvalue weighted by Crippen LogP contribution is -2.43. The SMILES string of the molecule is CCNCCC(=O)N[C@H](Cc1ccc(O)cc1)C(=O)O. The maximum atomic E-state index is 11.6. The molecule has 0 spiro atoms. The molecule has 0 saturated carbocycles. The first kappa shape index (κ1) is 16.0. The Morgan fingerprint density at radius 2 is 1.90 bits per heavy atom. The molecule has 0 saturated heterocycles. The van der Waals surface area contributed by atoms with Crippen LogP contribution in [0.1, 0.15) is 18.9 Å². The summed E-state index contributed by atoms with van der Waals surface area (Å²) in [5.74, 6) is -1.25. The van der Waals surface area contributed by atoms with E-state index in [9.17, 15) is 14.7 Å². The van der Waals surface area contributed by atoms with Crippen molar-refractivity contribution in [3.63, 3.8) is 0 Å². The van der Waals surface area contributed by atoms with Crippen LogP contribution in [0.25, 0.3) is 0 Å². The van der Waals surface area contributed by atoms with Crippen molar-refractivity contribution in [3.05, 3.63) is 29.8 Å². The van der Waals surface area contributed by atoms with Crippen LogP contribution in [0.3, 0.4) is 0 Å². The molecule has 1 aromatic carbocycles. The van der Waals surface area contributed by atoms with Gasteiger partial charge in [-0.2, -0.15) is 0 Å². The fourth-order valence-corrected chi connectivity index (χ4v) is 1.71. The smallest absolute Gasteiger partial charge is 0.326 e. The largest absolute Gasteiger partial charge is 0.508 e. The average Bonchev–Trinajstić information content (AvgIpc) is 2.40. The second-order valence-electron chi connectivity index (χ2n) is 4.43. The van der Waals surface area contributed by atoms with Gasteiger partial charge >= 0.3 is 5.97 Å². The summed E-state index contributed by atoms with van der Waals surface area (Å²) in [6, 6.07) is 5.28. The standard InChI is InChI=1S/C14H20N2O4/c1-2-15-8-7-13(18)16-12(14(19)20)9-10-3-5-11(17)6-4-10/h3-6,12,15,17H,2,7-9H2,1H3,(H,16,18)(H,19,20)/t12-/m1/s1. The van der Waals surface area contributed by atoms with Gasteiger partial charge in [-0.25, -0.2) is 4.79 Å². The van der Waals surface area contributed by atoms with Gasteiger partial charge < -0.3 is 20.8 Å². The molecule has 0 radical (unpaired) electrons. The summed E-state index contributed by atoms with van der Waals surface area (Å²) in [6.45, 7) is 3.22. The van der Waals surface area contributed by atoms with Gasteiger partial charge in [0.1, 0.15) is 11.8 Å². The molecule has 20 heavy (non-hydrogen) atoms. The monoisotopic (exact) mass is 280 g/mol. The Balaban J connectivity index is 2.54. The van der Waals surface area contributed by atoms with Gasteiger partial charge in [0.05, 0.1) is 0 Å². The number of carbonyl (C=O) groups is 2. The Morgan fingerprint density at radius 1 is 1.25 bits per heavy atom. The molecule has 1 amide bonds. The third-order valence-electron chi connectivity index (χ3n) is 2.79. The molecule has 0 bridgehead atoms. The molecule has 0 fully saturated rings. The Labute approximate surface area is 117 Å². The number of hydrogen-bond acceptors (Lipinski definition) is 4. The highest BCUT2D eigenvalue weighted by Gasteiger charge is 2.20. The maximum Gasteiger partial charge on any atom is 0.326 e. The van der Waals surface area contributed by atoms with Gasteiger partial charge in [-0.1, -0.05) is 19.1 Å². The number of nitrogens with one attached hydrogen (secondary N) is 2. The van der Waals surface area contributed by atoms with E-state index in [0.29, 0.717) is 6.54 Å². The number of carboxylic acid groups (broad SMARTS) is 1. The molecule has 1 aromatic rings.